The summed E-state index contributed by atoms with van der Waals surface area (Å²) in [5, 5.41) is 2.83. The van der Waals surface area contributed by atoms with Crippen molar-refractivity contribution < 1.29 is 22.4 Å². The molecule has 0 radical (unpaired) electrons. The molecule has 1 aromatic rings. The summed E-state index contributed by atoms with van der Waals surface area (Å²) in [6.45, 7) is 3.75. The van der Waals surface area contributed by atoms with E-state index < -0.39 is 21.8 Å². The largest absolute Gasteiger partial charge is 0.458 e. The van der Waals surface area contributed by atoms with Gasteiger partial charge in [-0.25, -0.2) is 13.1 Å². The summed E-state index contributed by atoms with van der Waals surface area (Å²) < 4.78 is 32.2. The monoisotopic (exact) mass is 465 g/mol. The van der Waals surface area contributed by atoms with E-state index in [1.807, 2.05) is 0 Å². The third-order valence-electron chi connectivity index (χ3n) is 7.34. The molecule has 2 N–H and O–H groups in total. The van der Waals surface area contributed by atoms with E-state index in [-0.39, 0.29) is 17.1 Å². The first-order valence-corrected chi connectivity index (χ1v) is 13.5. The van der Waals surface area contributed by atoms with Crippen LogP contribution < -0.4 is 10.0 Å². The van der Waals surface area contributed by atoms with Gasteiger partial charge in [0, 0.05) is 19.0 Å². The molecule has 4 rings (SSSR count). The van der Waals surface area contributed by atoms with Gasteiger partial charge in [0.05, 0.1) is 0 Å². The van der Waals surface area contributed by atoms with Gasteiger partial charge in [-0.05, 0) is 82.3 Å². The Bertz CT molecular complexity index is 908. The molecule has 2 saturated carbocycles. The number of nitrogens with zero attached hydrogens (tertiary/aromatic N) is 1. The molecule has 8 nitrogen and oxygen atoms in total. The second kappa shape index (κ2) is 9.95. The van der Waals surface area contributed by atoms with E-state index in [0.29, 0.717) is 24.3 Å². The minimum absolute atomic E-state index is 0.0583. The summed E-state index contributed by atoms with van der Waals surface area (Å²) in [4.78, 5) is 26.6. The molecule has 2 aliphatic carbocycles. The fraction of sp³-hybridized carbons (Fsp3) is 0.739. The van der Waals surface area contributed by atoms with Gasteiger partial charge in [0.25, 0.3) is 15.9 Å². The van der Waals surface area contributed by atoms with Gasteiger partial charge in [-0.3, -0.25) is 9.59 Å². The van der Waals surface area contributed by atoms with E-state index in [1.54, 1.807) is 0 Å². The molecule has 0 bridgehead atoms. The van der Waals surface area contributed by atoms with Crippen molar-refractivity contribution in [1.82, 2.24) is 14.9 Å². The molecule has 3 aliphatic rings. The highest BCUT2D eigenvalue weighted by Gasteiger charge is 2.47. The van der Waals surface area contributed by atoms with E-state index in [0.717, 1.165) is 45.2 Å². The molecular formula is C23H35N3O5S. The van der Waals surface area contributed by atoms with Crippen molar-refractivity contribution in [3.63, 3.8) is 0 Å². The third kappa shape index (κ3) is 5.73. The molecule has 2 heterocycles. The molecule has 2 amide bonds. The van der Waals surface area contributed by atoms with Crippen molar-refractivity contribution in [1.29, 1.82) is 0 Å². The Labute approximate surface area is 190 Å². The molecular weight excluding hydrogens is 430 g/mol. The topological polar surface area (TPSA) is 109 Å². The minimum Gasteiger partial charge on any atom is -0.458 e. The Morgan fingerprint density at radius 2 is 1.84 bits per heavy atom. The maximum absolute atomic E-state index is 12.5. The zero-order valence-electron chi connectivity index (χ0n) is 18.7. The Hall–Kier alpha value is -1.87. The molecule has 178 valence electrons. The van der Waals surface area contributed by atoms with Crippen LogP contribution in [0.4, 0.5) is 0 Å². The van der Waals surface area contributed by atoms with Crippen LogP contribution in [0.3, 0.4) is 0 Å². The van der Waals surface area contributed by atoms with Crippen LogP contribution in [0, 0.1) is 11.3 Å². The zero-order chi connectivity index (χ0) is 22.6. The standard InChI is InChI=1S/C23H35N3O5S/c27-21(7-2-5-12-26-10-3-1-4-11-26)25-32(29,30)19-13-20(31-17-19)22(28)24-16-18-14-23(15-18)8-6-9-23/h13,17-18H,1-12,14-16H2,(H,24,28)(H,25,27). The number of piperidine rings is 1. The summed E-state index contributed by atoms with van der Waals surface area (Å²) in [7, 11) is -4.05. The number of carbonyl (C=O) groups is 2. The summed E-state index contributed by atoms with van der Waals surface area (Å²) in [5.41, 5.74) is 0.549. The Morgan fingerprint density at radius 3 is 2.53 bits per heavy atom. The van der Waals surface area contributed by atoms with E-state index in [2.05, 4.69) is 14.9 Å². The first-order chi connectivity index (χ1) is 15.4. The second-order valence-electron chi connectivity index (χ2n) is 9.87. The predicted octanol–water partition coefficient (Wildman–Crippen LogP) is 3.05. The first kappa shape index (κ1) is 23.3. The van der Waals surface area contributed by atoms with Crippen molar-refractivity contribution in [2.45, 2.75) is 75.5 Å². The van der Waals surface area contributed by atoms with Crippen molar-refractivity contribution >= 4 is 21.8 Å². The molecule has 1 aliphatic heterocycles. The lowest BCUT2D eigenvalue weighted by Gasteiger charge is -2.54. The zero-order valence-corrected chi connectivity index (χ0v) is 19.6. The van der Waals surface area contributed by atoms with Crippen molar-refractivity contribution in [2.24, 2.45) is 11.3 Å². The maximum Gasteiger partial charge on any atom is 0.287 e. The van der Waals surface area contributed by atoms with Crippen LogP contribution in [0.1, 0.15) is 81.2 Å². The average molecular weight is 466 g/mol. The van der Waals surface area contributed by atoms with Crippen LogP contribution in [0.2, 0.25) is 0 Å². The summed E-state index contributed by atoms with van der Waals surface area (Å²) >= 11 is 0. The Balaban J connectivity index is 1.17. The first-order valence-electron chi connectivity index (χ1n) is 12.0. The fourth-order valence-electron chi connectivity index (χ4n) is 5.36. The van der Waals surface area contributed by atoms with Crippen LogP contribution in [0.5, 0.6) is 0 Å². The number of hydrogen-bond donors (Lipinski definition) is 2. The van der Waals surface area contributed by atoms with Gasteiger partial charge in [0.15, 0.2) is 5.76 Å². The average Bonchev–Trinajstić information content (AvgIpc) is 3.21. The molecule has 0 atom stereocenters. The lowest BCUT2D eigenvalue weighted by atomic mass is 9.52. The molecule has 0 unspecified atom stereocenters. The Morgan fingerprint density at radius 1 is 1.09 bits per heavy atom. The van der Waals surface area contributed by atoms with E-state index in [9.17, 15) is 18.0 Å². The lowest BCUT2D eigenvalue weighted by Crippen LogP contribution is -2.46. The second-order valence-corrected chi connectivity index (χ2v) is 11.6. The number of carbonyl (C=O) groups excluding carboxylic acids is 2. The van der Waals surface area contributed by atoms with Crippen LogP contribution >= 0.6 is 0 Å². The predicted molar refractivity (Wildman–Crippen MR) is 120 cm³/mol. The third-order valence-corrected chi connectivity index (χ3v) is 8.67. The lowest BCUT2D eigenvalue weighted by molar-refractivity contribution is -0.119. The highest BCUT2D eigenvalue weighted by Crippen LogP contribution is 2.58. The number of amides is 2. The SMILES string of the molecule is O=C(CCCCN1CCCCC1)NS(=O)(=O)c1coc(C(=O)NCC2CC3(CCC3)C2)c1. The van der Waals surface area contributed by atoms with Gasteiger partial charge < -0.3 is 14.6 Å². The minimum atomic E-state index is -4.05. The Kier molecular flexibility index (Phi) is 7.24. The smallest absolute Gasteiger partial charge is 0.287 e. The summed E-state index contributed by atoms with van der Waals surface area (Å²) in [6.07, 6.45) is 12.7. The number of unbranched alkanes of at least 4 members (excludes halogenated alkanes) is 1. The number of hydrogen-bond acceptors (Lipinski definition) is 6. The van der Waals surface area contributed by atoms with Gasteiger partial charge in [0.2, 0.25) is 5.91 Å². The maximum atomic E-state index is 12.5. The fourth-order valence-corrected chi connectivity index (χ4v) is 6.32. The molecule has 32 heavy (non-hydrogen) atoms. The molecule has 3 fully saturated rings. The van der Waals surface area contributed by atoms with Crippen molar-refractivity contribution in [3.8, 4) is 0 Å². The number of furan rings is 1. The van der Waals surface area contributed by atoms with E-state index in [4.69, 9.17) is 4.42 Å². The molecule has 1 aromatic heterocycles. The van der Waals surface area contributed by atoms with Gasteiger partial charge in [-0.2, -0.15) is 0 Å². The normalized spacial score (nSPS) is 21.0. The molecule has 0 aromatic carbocycles. The quantitative estimate of drug-likeness (QED) is 0.514. The van der Waals surface area contributed by atoms with Crippen LogP contribution in [0.25, 0.3) is 0 Å². The highest BCUT2D eigenvalue weighted by atomic mass is 32.2. The highest BCUT2D eigenvalue weighted by molar-refractivity contribution is 7.90. The number of nitrogens with one attached hydrogen (secondary N) is 2. The van der Waals surface area contributed by atoms with E-state index >= 15 is 0 Å². The number of rotatable bonds is 10. The van der Waals surface area contributed by atoms with Crippen LogP contribution in [-0.4, -0.2) is 51.3 Å². The van der Waals surface area contributed by atoms with Gasteiger partial charge in [-0.15, -0.1) is 0 Å². The van der Waals surface area contributed by atoms with Crippen molar-refractivity contribution in [2.75, 3.05) is 26.2 Å². The number of sulfonamides is 1. The van der Waals surface area contributed by atoms with E-state index in [1.165, 1.54) is 44.6 Å². The van der Waals surface area contributed by atoms with Crippen molar-refractivity contribution in [3.05, 3.63) is 18.1 Å². The van der Waals surface area contributed by atoms with Gasteiger partial charge in [-0.1, -0.05) is 12.8 Å². The molecule has 1 saturated heterocycles. The summed E-state index contributed by atoms with van der Waals surface area (Å²) in [5.74, 6) is -0.528. The van der Waals surface area contributed by atoms with Crippen LogP contribution in [-0.2, 0) is 14.8 Å². The van der Waals surface area contributed by atoms with Gasteiger partial charge in [0.1, 0.15) is 11.2 Å². The number of likely N-dealkylation sites (tertiary alicyclic amines) is 1. The molecule has 1 spiro atoms. The van der Waals surface area contributed by atoms with Gasteiger partial charge >= 0.3 is 0 Å². The summed E-state index contributed by atoms with van der Waals surface area (Å²) in [6, 6.07) is 1.18. The molecule has 9 heteroatoms. The van der Waals surface area contributed by atoms with Crippen LogP contribution in [0.15, 0.2) is 21.6 Å².